The molecule has 0 aromatic carbocycles. The van der Waals surface area contributed by atoms with Gasteiger partial charge in [-0.1, -0.05) is 0 Å². The van der Waals surface area contributed by atoms with Gasteiger partial charge in [0, 0.05) is 13.0 Å². The van der Waals surface area contributed by atoms with Crippen LogP contribution in [0.1, 0.15) is 6.42 Å². The predicted molar refractivity (Wildman–Crippen MR) is 46.4 cm³/mol. The lowest BCUT2D eigenvalue weighted by Crippen LogP contribution is -2.35. The molecule has 0 aliphatic rings. The number of carboxylic acids is 3. The van der Waals surface area contributed by atoms with Crippen molar-refractivity contribution in [2.24, 2.45) is 11.8 Å². The maximum atomic E-state index is 10.6. The molecule has 0 amide bonds. The Morgan fingerprint density at radius 3 is 1.87 bits per heavy atom. The fourth-order valence-electron chi connectivity index (χ4n) is 1.22. The Hall–Kier alpha value is -1.63. The number of aliphatic carboxylic acids is 3. The van der Waals surface area contributed by atoms with Crippen LogP contribution < -0.4 is 0 Å². The summed E-state index contributed by atoms with van der Waals surface area (Å²) in [4.78, 5) is 31.6. The highest BCUT2D eigenvalue weighted by molar-refractivity contribution is 5.93. The van der Waals surface area contributed by atoms with Crippen LogP contribution in [0.25, 0.3) is 0 Å². The van der Waals surface area contributed by atoms with E-state index in [2.05, 4.69) is 4.74 Å². The molecule has 0 aromatic heterocycles. The van der Waals surface area contributed by atoms with Crippen molar-refractivity contribution in [2.45, 2.75) is 6.42 Å². The smallest absolute Gasteiger partial charge is 0.318 e. The predicted octanol–water partition coefficient (Wildman–Crippen LogP) is -0.491. The van der Waals surface area contributed by atoms with E-state index in [-0.39, 0.29) is 6.61 Å². The summed E-state index contributed by atoms with van der Waals surface area (Å²) in [6, 6.07) is 0. The minimum absolute atomic E-state index is 0.227. The number of carboxylic acid groups (broad SMARTS) is 3. The number of rotatable bonds is 7. The van der Waals surface area contributed by atoms with Gasteiger partial charge < -0.3 is 20.1 Å². The van der Waals surface area contributed by atoms with Crippen LogP contribution in [-0.2, 0) is 19.1 Å². The van der Waals surface area contributed by atoms with Crippen molar-refractivity contribution in [1.82, 2.24) is 0 Å². The number of hydrogen-bond acceptors (Lipinski definition) is 4. The van der Waals surface area contributed by atoms with Gasteiger partial charge in [0.1, 0.15) is 0 Å². The molecule has 0 spiro atoms. The minimum atomic E-state index is -1.76. The quantitative estimate of drug-likeness (QED) is 0.495. The normalized spacial score (nSPS) is 12.4. The van der Waals surface area contributed by atoms with Crippen LogP contribution in [0.15, 0.2) is 0 Å². The molecule has 0 saturated heterocycles. The molecule has 86 valence electrons. The zero-order chi connectivity index (χ0) is 12.0. The number of methoxy groups -OCH3 is 1. The maximum Gasteiger partial charge on any atom is 0.318 e. The molecule has 7 heteroatoms. The molecular formula is C8H12O7. The zero-order valence-electron chi connectivity index (χ0n) is 8.04. The van der Waals surface area contributed by atoms with Crippen molar-refractivity contribution in [3.05, 3.63) is 0 Å². The largest absolute Gasteiger partial charge is 0.481 e. The van der Waals surface area contributed by atoms with Crippen molar-refractivity contribution >= 4 is 17.9 Å². The van der Waals surface area contributed by atoms with Gasteiger partial charge in [-0.05, 0) is 0 Å². The average molecular weight is 220 g/mol. The first kappa shape index (κ1) is 13.4. The monoisotopic (exact) mass is 220 g/mol. The summed E-state index contributed by atoms with van der Waals surface area (Å²) in [6.07, 6.45) is -0.558. The van der Waals surface area contributed by atoms with Gasteiger partial charge in [0.05, 0.1) is 13.0 Å². The summed E-state index contributed by atoms with van der Waals surface area (Å²) in [7, 11) is 1.25. The van der Waals surface area contributed by atoms with Crippen molar-refractivity contribution in [2.75, 3.05) is 13.7 Å². The Kier molecular flexibility index (Phi) is 5.32. The Balaban J connectivity index is 4.74. The molecule has 0 heterocycles. The Morgan fingerprint density at radius 1 is 1.13 bits per heavy atom. The lowest BCUT2D eigenvalue weighted by Gasteiger charge is -2.17. The molecule has 0 unspecified atom stereocenters. The number of carbonyl (C=O) groups is 3. The van der Waals surface area contributed by atoms with Crippen molar-refractivity contribution in [3.8, 4) is 0 Å². The molecule has 1 atom stereocenters. The summed E-state index contributed by atoms with van der Waals surface area (Å²) in [5, 5.41) is 25.7. The van der Waals surface area contributed by atoms with Crippen LogP contribution in [0.5, 0.6) is 0 Å². The second-order valence-corrected chi connectivity index (χ2v) is 2.97. The number of ether oxygens (including phenoxy) is 1. The van der Waals surface area contributed by atoms with E-state index in [1.807, 2.05) is 0 Å². The summed E-state index contributed by atoms with van der Waals surface area (Å²) in [5.74, 6) is -7.23. The summed E-state index contributed by atoms with van der Waals surface area (Å²) in [5.41, 5.74) is 0. The van der Waals surface area contributed by atoms with E-state index < -0.39 is 36.2 Å². The SMILES string of the molecule is COC[C@@H](CC(=O)O)C(C(=O)O)C(=O)O. The van der Waals surface area contributed by atoms with Crippen LogP contribution in [0, 0.1) is 11.8 Å². The van der Waals surface area contributed by atoms with E-state index in [0.29, 0.717) is 0 Å². The van der Waals surface area contributed by atoms with Gasteiger partial charge >= 0.3 is 17.9 Å². The first-order chi connectivity index (χ1) is 6.90. The first-order valence-corrected chi connectivity index (χ1v) is 4.06. The zero-order valence-corrected chi connectivity index (χ0v) is 8.04. The molecule has 0 fully saturated rings. The van der Waals surface area contributed by atoms with Gasteiger partial charge in [0.2, 0.25) is 0 Å². The highest BCUT2D eigenvalue weighted by Gasteiger charge is 2.36. The number of hydrogen-bond donors (Lipinski definition) is 3. The molecule has 7 nitrogen and oxygen atoms in total. The third-order valence-electron chi connectivity index (χ3n) is 1.82. The molecule has 3 N–H and O–H groups in total. The fourth-order valence-corrected chi connectivity index (χ4v) is 1.22. The topological polar surface area (TPSA) is 121 Å². The van der Waals surface area contributed by atoms with Crippen LogP contribution in [0.2, 0.25) is 0 Å². The highest BCUT2D eigenvalue weighted by Crippen LogP contribution is 2.17. The minimum Gasteiger partial charge on any atom is -0.481 e. The van der Waals surface area contributed by atoms with Crippen molar-refractivity contribution < 1.29 is 34.4 Å². The summed E-state index contributed by atoms with van der Waals surface area (Å²) in [6.45, 7) is -0.227. The molecule has 15 heavy (non-hydrogen) atoms. The molecule has 0 bridgehead atoms. The maximum absolute atomic E-state index is 10.6. The van der Waals surface area contributed by atoms with Crippen LogP contribution in [0.4, 0.5) is 0 Å². The Labute approximate surface area is 85.3 Å². The Morgan fingerprint density at radius 2 is 1.60 bits per heavy atom. The average Bonchev–Trinajstić information content (AvgIpc) is 2.01. The van der Waals surface area contributed by atoms with E-state index in [1.165, 1.54) is 7.11 Å². The van der Waals surface area contributed by atoms with Crippen LogP contribution in [0.3, 0.4) is 0 Å². The molecule has 0 aliphatic carbocycles. The summed E-state index contributed by atoms with van der Waals surface area (Å²) >= 11 is 0. The summed E-state index contributed by atoms with van der Waals surface area (Å²) < 4.78 is 4.60. The van der Waals surface area contributed by atoms with Crippen LogP contribution >= 0.6 is 0 Å². The van der Waals surface area contributed by atoms with E-state index >= 15 is 0 Å². The fraction of sp³-hybridized carbons (Fsp3) is 0.625. The van der Waals surface area contributed by atoms with E-state index in [4.69, 9.17) is 15.3 Å². The third kappa shape index (κ3) is 4.41. The van der Waals surface area contributed by atoms with Gasteiger partial charge in [-0.2, -0.15) is 0 Å². The van der Waals surface area contributed by atoms with Gasteiger partial charge in [-0.25, -0.2) is 0 Å². The molecule has 0 radical (unpaired) electrons. The second kappa shape index (κ2) is 5.97. The lowest BCUT2D eigenvalue weighted by atomic mass is 9.90. The van der Waals surface area contributed by atoms with E-state index in [1.54, 1.807) is 0 Å². The Bertz CT molecular complexity index is 246. The first-order valence-electron chi connectivity index (χ1n) is 4.06. The van der Waals surface area contributed by atoms with Gasteiger partial charge in [-0.15, -0.1) is 0 Å². The second-order valence-electron chi connectivity index (χ2n) is 2.97. The van der Waals surface area contributed by atoms with E-state index in [9.17, 15) is 14.4 Å². The third-order valence-corrected chi connectivity index (χ3v) is 1.82. The van der Waals surface area contributed by atoms with Gasteiger partial charge in [-0.3, -0.25) is 14.4 Å². The van der Waals surface area contributed by atoms with Gasteiger partial charge in [0.15, 0.2) is 5.92 Å². The molecule has 0 rings (SSSR count). The highest BCUT2D eigenvalue weighted by atomic mass is 16.5. The lowest BCUT2D eigenvalue weighted by molar-refractivity contribution is -0.159. The molecule has 0 saturated carbocycles. The molecular weight excluding hydrogens is 208 g/mol. The van der Waals surface area contributed by atoms with E-state index in [0.717, 1.165) is 0 Å². The van der Waals surface area contributed by atoms with Gasteiger partial charge in [0.25, 0.3) is 0 Å². The van der Waals surface area contributed by atoms with Crippen LogP contribution in [-0.4, -0.2) is 46.9 Å². The standard InChI is InChI=1S/C8H12O7/c1-15-3-4(2-5(9)10)6(7(11)12)8(13)14/h4,6H,2-3H2,1H3,(H,9,10)(H,11,12)(H,13,14)/t4-/m1/s1. The molecule has 0 aliphatic heterocycles. The van der Waals surface area contributed by atoms with Crippen molar-refractivity contribution in [1.29, 1.82) is 0 Å². The molecule has 0 aromatic rings. The van der Waals surface area contributed by atoms with Crippen molar-refractivity contribution in [3.63, 3.8) is 0 Å².